The van der Waals surface area contributed by atoms with Crippen LogP contribution in [0.4, 0.5) is 18.0 Å². The normalized spacial score (nSPS) is 22.0. The summed E-state index contributed by atoms with van der Waals surface area (Å²) in [6.45, 7) is 6.06. The fourth-order valence-electron chi connectivity index (χ4n) is 2.85. The Morgan fingerprint density at radius 3 is 2.36 bits per heavy atom. The molecule has 0 aliphatic carbocycles. The van der Waals surface area contributed by atoms with Crippen LogP contribution in [-0.2, 0) is 17.3 Å². The fraction of sp³-hybridized carbons (Fsp3) is 0.611. The monoisotopic (exact) mass is 359 g/mol. The highest BCUT2D eigenvalue weighted by atomic mass is 19.4. The molecule has 2 unspecified atom stereocenters. The maximum Gasteiger partial charge on any atom is 0.416 e. The highest BCUT2D eigenvalue weighted by Gasteiger charge is 2.33. The van der Waals surface area contributed by atoms with E-state index in [1.807, 2.05) is 0 Å². The zero-order chi connectivity index (χ0) is 18.8. The van der Waals surface area contributed by atoms with E-state index >= 15 is 0 Å². The SMILES string of the molecule is CC(C)(C)OC(=O)N1CCC(O)C(Cc2ccc(C(F)(F)F)cc2)C1. The minimum atomic E-state index is -4.36. The molecular formula is C18H24F3NO3. The van der Waals surface area contributed by atoms with Gasteiger partial charge in [0.2, 0.25) is 0 Å². The van der Waals surface area contributed by atoms with E-state index in [4.69, 9.17) is 4.74 Å². The number of ether oxygens (including phenoxy) is 1. The van der Waals surface area contributed by atoms with E-state index in [-0.39, 0.29) is 5.92 Å². The van der Waals surface area contributed by atoms with Crippen LogP contribution in [0.5, 0.6) is 0 Å². The number of rotatable bonds is 2. The quantitative estimate of drug-likeness (QED) is 0.872. The highest BCUT2D eigenvalue weighted by Crippen LogP contribution is 2.30. The van der Waals surface area contributed by atoms with Gasteiger partial charge in [-0.1, -0.05) is 12.1 Å². The molecule has 2 atom stereocenters. The first-order valence-electron chi connectivity index (χ1n) is 8.28. The summed E-state index contributed by atoms with van der Waals surface area (Å²) in [6.07, 6.45) is -4.57. The lowest BCUT2D eigenvalue weighted by atomic mass is 9.88. The standard InChI is InChI=1S/C18H24F3NO3/c1-17(2,3)25-16(24)22-9-8-15(23)13(11-22)10-12-4-6-14(7-5-12)18(19,20)21/h4-7,13,15,23H,8-11H2,1-3H3. The van der Waals surface area contributed by atoms with Gasteiger partial charge in [-0.25, -0.2) is 4.79 Å². The smallest absolute Gasteiger partial charge is 0.416 e. The van der Waals surface area contributed by atoms with Crippen LogP contribution in [0.3, 0.4) is 0 Å². The average molecular weight is 359 g/mol. The number of hydrogen-bond acceptors (Lipinski definition) is 3. The third-order valence-electron chi connectivity index (χ3n) is 4.12. The molecule has 0 spiro atoms. The van der Waals surface area contributed by atoms with Crippen LogP contribution < -0.4 is 0 Å². The Bertz CT molecular complexity index is 593. The summed E-state index contributed by atoms with van der Waals surface area (Å²) < 4.78 is 43.2. The Morgan fingerprint density at radius 1 is 1.24 bits per heavy atom. The summed E-state index contributed by atoms with van der Waals surface area (Å²) in [5, 5.41) is 10.2. The van der Waals surface area contributed by atoms with Gasteiger partial charge in [0.05, 0.1) is 11.7 Å². The van der Waals surface area contributed by atoms with Crippen molar-refractivity contribution in [1.82, 2.24) is 4.90 Å². The molecule has 0 radical (unpaired) electrons. The molecule has 1 fully saturated rings. The summed E-state index contributed by atoms with van der Waals surface area (Å²) in [5.41, 5.74) is -0.602. The minimum Gasteiger partial charge on any atom is -0.444 e. The van der Waals surface area contributed by atoms with E-state index in [0.29, 0.717) is 31.5 Å². The van der Waals surface area contributed by atoms with Crippen molar-refractivity contribution < 1.29 is 27.8 Å². The van der Waals surface area contributed by atoms with Crippen molar-refractivity contribution in [1.29, 1.82) is 0 Å². The summed E-state index contributed by atoms with van der Waals surface area (Å²) in [5.74, 6) is -0.238. The van der Waals surface area contributed by atoms with Crippen molar-refractivity contribution >= 4 is 6.09 Å². The second-order valence-corrected chi connectivity index (χ2v) is 7.44. The van der Waals surface area contributed by atoms with Gasteiger partial charge in [-0.05, 0) is 51.3 Å². The van der Waals surface area contributed by atoms with Crippen molar-refractivity contribution in [3.63, 3.8) is 0 Å². The topological polar surface area (TPSA) is 49.8 Å². The lowest BCUT2D eigenvalue weighted by Gasteiger charge is -2.37. The van der Waals surface area contributed by atoms with Crippen molar-refractivity contribution in [2.45, 2.75) is 51.5 Å². The van der Waals surface area contributed by atoms with Crippen molar-refractivity contribution in [3.05, 3.63) is 35.4 Å². The molecule has 0 aromatic heterocycles. The van der Waals surface area contributed by atoms with E-state index < -0.39 is 29.5 Å². The molecule has 0 bridgehead atoms. The molecule has 1 aromatic carbocycles. The molecule has 1 amide bonds. The van der Waals surface area contributed by atoms with Gasteiger partial charge in [0, 0.05) is 19.0 Å². The number of alkyl halides is 3. The Kier molecular flexibility index (Phi) is 5.66. The number of benzene rings is 1. The van der Waals surface area contributed by atoms with Gasteiger partial charge < -0.3 is 14.7 Å². The van der Waals surface area contributed by atoms with Gasteiger partial charge in [-0.15, -0.1) is 0 Å². The van der Waals surface area contributed by atoms with E-state index in [0.717, 1.165) is 12.1 Å². The van der Waals surface area contributed by atoms with Crippen LogP contribution in [0.1, 0.15) is 38.3 Å². The molecule has 2 rings (SSSR count). The molecule has 1 aliphatic heterocycles. The average Bonchev–Trinajstić information content (AvgIpc) is 2.47. The third kappa shape index (κ3) is 5.63. The first-order valence-corrected chi connectivity index (χ1v) is 8.28. The molecular weight excluding hydrogens is 335 g/mol. The van der Waals surface area contributed by atoms with Gasteiger partial charge in [-0.3, -0.25) is 0 Å². The fourth-order valence-corrected chi connectivity index (χ4v) is 2.85. The highest BCUT2D eigenvalue weighted by molar-refractivity contribution is 5.68. The van der Waals surface area contributed by atoms with E-state index in [2.05, 4.69) is 0 Å². The predicted molar refractivity (Wildman–Crippen MR) is 87.1 cm³/mol. The summed E-state index contributed by atoms with van der Waals surface area (Å²) >= 11 is 0. The second kappa shape index (κ2) is 7.23. The number of hydrogen-bond donors (Lipinski definition) is 1. The minimum absolute atomic E-state index is 0.238. The van der Waals surface area contributed by atoms with E-state index in [9.17, 15) is 23.1 Å². The Morgan fingerprint density at radius 2 is 1.84 bits per heavy atom. The van der Waals surface area contributed by atoms with Crippen LogP contribution in [0, 0.1) is 5.92 Å². The number of carbonyl (C=O) groups excluding carboxylic acids is 1. The molecule has 1 N–H and O–H groups in total. The lowest BCUT2D eigenvalue weighted by Crippen LogP contribution is -2.48. The first-order chi connectivity index (χ1) is 11.5. The van der Waals surface area contributed by atoms with E-state index in [1.165, 1.54) is 12.1 Å². The summed E-state index contributed by atoms with van der Waals surface area (Å²) in [6, 6.07) is 4.91. The first kappa shape index (κ1) is 19.6. The molecule has 1 aromatic rings. The number of halogens is 3. The number of aliphatic hydroxyl groups excluding tert-OH is 1. The maximum atomic E-state index is 12.6. The molecule has 140 valence electrons. The summed E-state index contributed by atoms with van der Waals surface area (Å²) in [7, 11) is 0. The summed E-state index contributed by atoms with van der Waals surface area (Å²) in [4.78, 5) is 13.7. The van der Waals surface area contributed by atoms with Gasteiger partial charge in [0.25, 0.3) is 0 Å². The van der Waals surface area contributed by atoms with Crippen LogP contribution in [0.15, 0.2) is 24.3 Å². The van der Waals surface area contributed by atoms with Gasteiger partial charge in [-0.2, -0.15) is 13.2 Å². The molecule has 7 heteroatoms. The molecule has 25 heavy (non-hydrogen) atoms. The largest absolute Gasteiger partial charge is 0.444 e. The van der Waals surface area contributed by atoms with Gasteiger partial charge in [0.15, 0.2) is 0 Å². The zero-order valence-corrected chi connectivity index (χ0v) is 14.6. The van der Waals surface area contributed by atoms with Crippen LogP contribution in [-0.4, -0.2) is 40.9 Å². The number of likely N-dealkylation sites (tertiary alicyclic amines) is 1. The molecule has 1 saturated heterocycles. The predicted octanol–water partition coefficient (Wildman–Crippen LogP) is 3.87. The lowest BCUT2D eigenvalue weighted by molar-refractivity contribution is -0.137. The van der Waals surface area contributed by atoms with Gasteiger partial charge >= 0.3 is 12.3 Å². The molecule has 1 heterocycles. The third-order valence-corrected chi connectivity index (χ3v) is 4.12. The van der Waals surface area contributed by atoms with Gasteiger partial charge in [0.1, 0.15) is 5.60 Å². The zero-order valence-electron chi connectivity index (χ0n) is 14.6. The number of aliphatic hydroxyl groups is 1. The van der Waals surface area contributed by atoms with Crippen LogP contribution >= 0.6 is 0 Å². The van der Waals surface area contributed by atoms with Crippen molar-refractivity contribution in [2.24, 2.45) is 5.92 Å². The maximum absolute atomic E-state index is 12.6. The van der Waals surface area contributed by atoms with Crippen molar-refractivity contribution in [2.75, 3.05) is 13.1 Å². The number of carbonyl (C=O) groups is 1. The number of piperidine rings is 1. The van der Waals surface area contributed by atoms with E-state index in [1.54, 1.807) is 25.7 Å². The second-order valence-electron chi connectivity index (χ2n) is 7.44. The molecule has 0 saturated carbocycles. The number of amides is 1. The van der Waals surface area contributed by atoms with Crippen LogP contribution in [0.2, 0.25) is 0 Å². The Labute approximate surface area is 145 Å². The Hall–Kier alpha value is -1.76. The van der Waals surface area contributed by atoms with Crippen LogP contribution in [0.25, 0.3) is 0 Å². The number of nitrogens with zero attached hydrogens (tertiary/aromatic N) is 1. The van der Waals surface area contributed by atoms with Crippen molar-refractivity contribution in [3.8, 4) is 0 Å². The molecule has 4 nitrogen and oxygen atoms in total. The molecule has 1 aliphatic rings. The Balaban J connectivity index is 2.01.